The van der Waals surface area contributed by atoms with Gasteiger partial charge in [-0.05, 0) is 62.6 Å². The number of hydrogen-bond donors (Lipinski definition) is 1. The molecular weight excluding hydrogens is 530 g/mol. The average Bonchev–Trinajstić information content (AvgIpc) is 3.11. The molecule has 0 aromatic heterocycles. The van der Waals surface area contributed by atoms with E-state index in [9.17, 15) is 0 Å². The number of aliphatic imine (C=N–C) groups is 1. The SMILES string of the molecule is COc1ccc(C)c(C2=C3N=C(CCCN4CCN[C@@H](C)C4)C=CC3C=C2)c1.[HH].[HH].[W]. The molecule has 1 unspecified atom stereocenters. The Balaban J connectivity index is 0.00000160. The van der Waals surface area contributed by atoms with Gasteiger partial charge in [-0.2, -0.15) is 0 Å². The number of allylic oxidation sites excluding steroid dienone is 4. The van der Waals surface area contributed by atoms with Crippen LogP contribution in [0.15, 0.2) is 53.2 Å². The van der Waals surface area contributed by atoms with Crippen molar-refractivity contribution in [3.8, 4) is 5.75 Å². The van der Waals surface area contributed by atoms with Crippen LogP contribution in [0.4, 0.5) is 0 Å². The molecular formula is C24H35N3OW. The fourth-order valence-electron chi connectivity index (χ4n) is 4.34. The minimum Gasteiger partial charge on any atom is -0.497 e. The van der Waals surface area contributed by atoms with Crippen molar-refractivity contribution in [2.24, 2.45) is 10.9 Å². The molecule has 3 aliphatic rings. The average molecular weight is 565 g/mol. The van der Waals surface area contributed by atoms with Crippen molar-refractivity contribution in [2.75, 3.05) is 33.3 Å². The van der Waals surface area contributed by atoms with Gasteiger partial charge < -0.3 is 15.0 Å². The topological polar surface area (TPSA) is 36.9 Å². The maximum atomic E-state index is 5.44. The molecule has 0 saturated carbocycles. The van der Waals surface area contributed by atoms with Crippen molar-refractivity contribution in [3.63, 3.8) is 0 Å². The summed E-state index contributed by atoms with van der Waals surface area (Å²) in [6.07, 6.45) is 11.2. The van der Waals surface area contributed by atoms with Crippen LogP contribution in [0.1, 0.15) is 33.7 Å². The van der Waals surface area contributed by atoms with Crippen LogP contribution in [0, 0.1) is 12.8 Å². The summed E-state index contributed by atoms with van der Waals surface area (Å²) < 4.78 is 5.44. The number of ether oxygens (including phenoxy) is 1. The number of nitrogens with zero attached hydrogens (tertiary/aromatic N) is 2. The van der Waals surface area contributed by atoms with Gasteiger partial charge in [-0.3, -0.25) is 4.99 Å². The van der Waals surface area contributed by atoms with Crippen LogP contribution in [0.5, 0.6) is 5.75 Å². The molecule has 5 heteroatoms. The standard InChI is InChI=1S/C24H31N3O.W.2H2/c1-17-6-10-21(28-3)15-23(17)22-11-8-19-7-9-20(26-24(19)22)5-4-13-27-14-12-25-18(2)16-27;;;/h6-11,15,18-19,25H,4-5,12-14,16H2,1-3H3;;2*1H/t18-,19?;;;/m0.../s1. The van der Waals surface area contributed by atoms with Crippen LogP contribution in [-0.4, -0.2) is 49.9 Å². The Morgan fingerprint density at radius 1 is 1.28 bits per heavy atom. The number of benzene rings is 1. The van der Waals surface area contributed by atoms with Gasteiger partial charge in [0.25, 0.3) is 0 Å². The molecule has 1 aromatic rings. The summed E-state index contributed by atoms with van der Waals surface area (Å²) >= 11 is 0. The summed E-state index contributed by atoms with van der Waals surface area (Å²) in [4.78, 5) is 7.64. The Morgan fingerprint density at radius 2 is 2.10 bits per heavy atom. The van der Waals surface area contributed by atoms with E-state index in [0.29, 0.717) is 12.0 Å². The van der Waals surface area contributed by atoms with Gasteiger partial charge in [0.05, 0.1) is 12.8 Å². The molecule has 0 amide bonds. The monoisotopic (exact) mass is 565 g/mol. The van der Waals surface area contributed by atoms with Gasteiger partial charge in [0.1, 0.15) is 5.75 Å². The molecule has 1 saturated heterocycles. The van der Waals surface area contributed by atoms with Crippen LogP contribution in [0.3, 0.4) is 0 Å². The minimum absolute atomic E-state index is 0. The largest absolute Gasteiger partial charge is 0.497 e. The molecule has 29 heavy (non-hydrogen) atoms. The second kappa shape index (κ2) is 10.0. The van der Waals surface area contributed by atoms with Gasteiger partial charge in [0, 0.05) is 66.8 Å². The fraction of sp³-hybridized carbons (Fsp3) is 0.458. The zero-order valence-corrected chi connectivity index (χ0v) is 20.6. The molecule has 2 heterocycles. The summed E-state index contributed by atoms with van der Waals surface area (Å²) in [5.41, 5.74) is 6.11. The van der Waals surface area contributed by atoms with Crippen molar-refractivity contribution >= 4 is 11.3 Å². The van der Waals surface area contributed by atoms with E-state index in [0.717, 1.165) is 44.8 Å². The van der Waals surface area contributed by atoms with E-state index in [1.807, 2.05) is 6.07 Å². The number of nitrogens with one attached hydrogen (secondary N) is 1. The Labute approximate surface area is 192 Å². The normalized spacial score (nSPS) is 23.6. The Bertz CT molecular complexity index is 866. The van der Waals surface area contributed by atoms with Gasteiger partial charge in [0.15, 0.2) is 0 Å². The van der Waals surface area contributed by atoms with Crippen molar-refractivity contribution in [1.82, 2.24) is 10.2 Å². The van der Waals surface area contributed by atoms with Crippen LogP contribution in [-0.2, 0) is 21.1 Å². The molecule has 0 spiro atoms. The van der Waals surface area contributed by atoms with Gasteiger partial charge >= 0.3 is 0 Å². The molecule has 1 fully saturated rings. The van der Waals surface area contributed by atoms with Crippen LogP contribution >= 0.6 is 0 Å². The van der Waals surface area contributed by atoms with E-state index >= 15 is 0 Å². The third kappa shape index (κ3) is 5.17. The van der Waals surface area contributed by atoms with Gasteiger partial charge in [-0.25, -0.2) is 0 Å². The van der Waals surface area contributed by atoms with Crippen molar-refractivity contribution in [3.05, 3.63) is 59.3 Å². The maximum Gasteiger partial charge on any atom is 0.119 e. The van der Waals surface area contributed by atoms with Crippen LogP contribution in [0.25, 0.3) is 5.57 Å². The van der Waals surface area contributed by atoms with Gasteiger partial charge in [-0.15, -0.1) is 0 Å². The Morgan fingerprint density at radius 3 is 2.90 bits per heavy atom. The van der Waals surface area contributed by atoms with E-state index in [1.165, 1.54) is 28.1 Å². The van der Waals surface area contributed by atoms with Crippen molar-refractivity contribution in [1.29, 1.82) is 0 Å². The smallest absolute Gasteiger partial charge is 0.119 e. The molecule has 4 nitrogen and oxygen atoms in total. The summed E-state index contributed by atoms with van der Waals surface area (Å²) in [6.45, 7) is 8.98. The summed E-state index contributed by atoms with van der Waals surface area (Å²) in [6, 6.07) is 6.88. The predicted molar refractivity (Wildman–Crippen MR) is 121 cm³/mol. The number of dihydropyridines is 1. The van der Waals surface area contributed by atoms with E-state index in [2.05, 4.69) is 60.5 Å². The maximum absolute atomic E-state index is 5.44. The number of hydrogen-bond acceptors (Lipinski definition) is 4. The number of methoxy groups -OCH3 is 1. The summed E-state index contributed by atoms with van der Waals surface area (Å²) in [7, 11) is 1.72. The van der Waals surface area contributed by atoms with Crippen LogP contribution in [0.2, 0.25) is 0 Å². The molecule has 2 aliphatic heterocycles. The number of rotatable bonds is 6. The zero-order chi connectivity index (χ0) is 19.5. The number of aryl methyl sites for hydroxylation is 1. The molecule has 4 rings (SSSR count). The summed E-state index contributed by atoms with van der Waals surface area (Å²) in [5, 5.41) is 3.51. The van der Waals surface area contributed by atoms with E-state index in [4.69, 9.17) is 9.73 Å². The Hall–Kier alpha value is -1.48. The van der Waals surface area contributed by atoms with Crippen molar-refractivity contribution < 1.29 is 28.7 Å². The molecule has 1 N–H and O–H groups in total. The third-order valence-corrected chi connectivity index (χ3v) is 5.92. The van der Waals surface area contributed by atoms with Gasteiger partial charge in [0.2, 0.25) is 0 Å². The van der Waals surface area contributed by atoms with E-state index in [1.54, 1.807) is 7.11 Å². The quantitative estimate of drug-likeness (QED) is 0.553. The number of piperazine rings is 1. The molecule has 1 aliphatic carbocycles. The van der Waals surface area contributed by atoms with Crippen molar-refractivity contribution in [2.45, 2.75) is 32.7 Å². The molecule has 0 radical (unpaired) electrons. The first-order chi connectivity index (χ1) is 13.6. The molecule has 0 bridgehead atoms. The predicted octanol–water partition coefficient (Wildman–Crippen LogP) is 4.47. The molecule has 1 aromatic carbocycles. The first kappa shape index (κ1) is 22.2. The zero-order valence-electron chi connectivity index (χ0n) is 17.6. The molecule has 2 atom stereocenters. The fourth-order valence-corrected chi connectivity index (χ4v) is 4.34. The molecule has 158 valence electrons. The second-order valence-electron chi connectivity index (χ2n) is 8.09. The van der Waals surface area contributed by atoms with E-state index in [-0.39, 0.29) is 23.9 Å². The first-order valence-electron chi connectivity index (χ1n) is 10.4. The Kier molecular flexibility index (Phi) is 7.67. The van der Waals surface area contributed by atoms with Gasteiger partial charge in [-0.1, -0.05) is 24.3 Å². The minimum atomic E-state index is 0. The van der Waals surface area contributed by atoms with E-state index < -0.39 is 0 Å². The third-order valence-electron chi connectivity index (χ3n) is 5.92. The first-order valence-corrected chi connectivity index (χ1v) is 10.4. The van der Waals surface area contributed by atoms with Crippen LogP contribution < -0.4 is 10.1 Å². The summed E-state index contributed by atoms with van der Waals surface area (Å²) in [5.74, 6) is 1.20. The second-order valence-corrected chi connectivity index (χ2v) is 8.09. The number of fused-ring (bicyclic) bond motifs is 1.